The Bertz CT molecular complexity index is 577. The Hall–Kier alpha value is -1.92. The van der Waals surface area contributed by atoms with E-state index in [4.69, 9.17) is 0 Å². The lowest BCUT2D eigenvalue weighted by Crippen LogP contribution is -2.55. The first-order valence-corrected chi connectivity index (χ1v) is 7.73. The number of benzene rings is 1. The van der Waals surface area contributed by atoms with Crippen molar-refractivity contribution in [3.63, 3.8) is 0 Å². The van der Waals surface area contributed by atoms with E-state index in [0.29, 0.717) is 11.0 Å². The van der Waals surface area contributed by atoms with Gasteiger partial charge in [-0.15, -0.1) is 13.2 Å². The van der Waals surface area contributed by atoms with Crippen molar-refractivity contribution in [2.75, 3.05) is 0 Å². The molecule has 2 aliphatic carbocycles. The third kappa shape index (κ3) is 4.09. The number of urea groups is 1. The molecule has 2 amide bonds. The normalized spacial score (nSPS) is 19.6. The predicted molar refractivity (Wildman–Crippen MR) is 77.8 cm³/mol. The molecule has 23 heavy (non-hydrogen) atoms. The van der Waals surface area contributed by atoms with Gasteiger partial charge in [0.25, 0.3) is 0 Å². The van der Waals surface area contributed by atoms with E-state index in [-0.39, 0.29) is 24.4 Å². The zero-order valence-electron chi connectivity index (χ0n) is 12.6. The van der Waals surface area contributed by atoms with Crippen molar-refractivity contribution in [3.05, 3.63) is 29.8 Å². The standard InChI is InChI=1S/C16H19F3N2O2/c17-16(18,19)23-13-4-1-3-11(7-13)10-20-14(22)21-12-8-15(9-12)5-2-6-15/h1,3-4,7,12H,2,5-6,8-10H2,(H2,20,21,22). The van der Waals surface area contributed by atoms with Crippen molar-refractivity contribution in [1.29, 1.82) is 0 Å². The largest absolute Gasteiger partial charge is 0.573 e. The Kier molecular flexibility index (Phi) is 4.12. The fraction of sp³-hybridized carbons (Fsp3) is 0.562. The van der Waals surface area contributed by atoms with E-state index in [1.54, 1.807) is 6.07 Å². The summed E-state index contributed by atoms with van der Waals surface area (Å²) in [6, 6.07) is 5.52. The highest BCUT2D eigenvalue weighted by Crippen LogP contribution is 2.55. The maximum Gasteiger partial charge on any atom is 0.573 e. The van der Waals surface area contributed by atoms with Crippen LogP contribution in [0.2, 0.25) is 0 Å². The van der Waals surface area contributed by atoms with Crippen molar-refractivity contribution in [2.45, 2.75) is 51.1 Å². The number of ether oxygens (including phenoxy) is 1. The van der Waals surface area contributed by atoms with E-state index in [0.717, 1.165) is 12.8 Å². The van der Waals surface area contributed by atoms with Crippen LogP contribution in [0, 0.1) is 5.41 Å². The Morgan fingerprint density at radius 3 is 2.65 bits per heavy atom. The molecule has 3 rings (SSSR count). The third-order valence-corrected chi connectivity index (χ3v) is 4.69. The van der Waals surface area contributed by atoms with E-state index in [9.17, 15) is 18.0 Å². The molecule has 1 aromatic carbocycles. The van der Waals surface area contributed by atoms with Gasteiger partial charge in [0.1, 0.15) is 5.75 Å². The Labute approximate surface area is 132 Å². The molecule has 2 fully saturated rings. The Morgan fingerprint density at radius 1 is 1.30 bits per heavy atom. The minimum absolute atomic E-state index is 0.152. The number of alkyl halides is 3. The number of hydrogen-bond donors (Lipinski definition) is 2. The van der Waals surface area contributed by atoms with Gasteiger partial charge in [-0.05, 0) is 48.8 Å². The van der Waals surface area contributed by atoms with E-state index >= 15 is 0 Å². The number of nitrogens with one attached hydrogen (secondary N) is 2. The summed E-state index contributed by atoms with van der Waals surface area (Å²) in [7, 11) is 0. The molecule has 0 atom stereocenters. The summed E-state index contributed by atoms with van der Waals surface area (Å²) in [4.78, 5) is 11.8. The summed E-state index contributed by atoms with van der Waals surface area (Å²) in [6.45, 7) is 0.152. The highest BCUT2D eigenvalue weighted by molar-refractivity contribution is 5.74. The topological polar surface area (TPSA) is 50.4 Å². The summed E-state index contributed by atoms with van der Waals surface area (Å²) in [6.07, 6.45) is 1.17. The molecule has 2 N–H and O–H groups in total. The summed E-state index contributed by atoms with van der Waals surface area (Å²) >= 11 is 0. The SMILES string of the molecule is O=C(NCc1cccc(OC(F)(F)F)c1)NC1CC2(CCC2)C1. The van der Waals surface area contributed by atoms with Gasteiger partial charge in [0.05, 0.1) is 0 Å². The van der Waals surface area contributed by atoms with Crippen molar-refractivity contribution >= 4 is 6.03 Å². The fourth-order valence-corrected chi connectivity index (χ4v) is 3.44. The zero-order valence-corrected chi connectivity index (χ0v) is 12.6. The maximum atomic E-state index is 12.2. The highest BCUT2D eigenvalue weighted by Gasteiger charge is 2.48. The maximum absolute atomic E-state index is 12.2. The van der Waals surface area contributed by atoms with Crippen LogP contribution in [0.4, 0.5) is 18.0 Å². The lowest BCUT2D eigenvalue weighted by molar-refractivity contribution is -0.274. The van der Waals surface area contributed by atoms with Gasteiger partial charge in [0.15, 0.2) is 0 Å². The molecule has 0 unspecified atom stereocenters. The molecule has 0 aromatic heterocycles. The van der Waals surface area contributed by atoms with E-state index in [1.165, 1.54) is 37.5 Å². The minimum Gasteiger partial charge on any atom is -0.406 e. The van der Waals surface area contributed by atoms with Crippen LogP contribution in [0.1, 0.15) is 37.7 Å². The molecule has 0 bridgehead atoms. The lowest BCUT2D eigenvalue weighted by Gasteiger charge is -2.54. The van der Waals surface area contributed by atoms with Crippen LogP contribution in [0.25, 0.3) is 0 Å². The molecule has 4 nitrogen and oxygen atoms in total. The minimum atomic E-state index is -4.72. The van der Waals surface area contributed by atoms with Crippen LogP contribution in [-0.2, 0) is 6.54 Å². The van der Waals surface area contributed by atoms with Gasteiger partial charge < -0.3 is 15.4 Å². The van der Waals surface area contributed by atoms with Crippen LogP contribution in [0.15, 0.2) is 24.3 Å². The summed E-state index contributed by atoms with van der Waals surface area (Å²) in [5.74, 6) is -0.289. The molecular formula is C16H19F3N2O2. The molecule has 7 heteroatoms. The lowest BCUT2D eigenvalue weighted by atomic mass is 9.54. The summed E-state index contributed by atoms with van der Waals surface area (Å²) < 4.78 is 40.4. The summed E-state index contributed by atoms with van der Waals surface area (Å²) in [5, 5.41) is 5.57. The molecule has 1 aromatic rings. The molecule has 2 saturated carbocycles. The Balaban J connectivity index is 1.43. The first kappa shape index (κ1) is 16.0. The molecule has 0 radical (unpaired) electrons. The fourth-order valence-electron chi connectivity index (χ4n) is 3.44. The Morgan fingerprint density at radius 2 is 2.04 bits per heavy atom. The zero-order chi connectivity index (χ0) is 16.5. The van der Waals surface area contributed by atoms with Crippen LogP contribution in [0.3, 0.4) is 0 Å². The van der Waals surface area contributed by atoms with Crippen molar-refractivity contribution in [1.82, 2.24) is 10.6 Å². The first-order valence-electron chi connectivity index (χ1n) is 7.73. The summed E-state index contributed by atoms with van der Waals surface area (Å²) in [5.41, 5.74) is 1.03. The molecule has 1 spiro atoms. The van der Waals surface area contributed by atoms with Crippen LogP contribution in [0.5, 0.6) is 5.75 Å². The van der Waals surface area contributed by atoms with Gasteiger partial charge in [0, 0.05) is 12.6 Å². The number of hydrogen-bond acceptors (Lipinski definition) is 2. The average molecular weight is 328 g/mol. The molecule has 0 saturated heterocycles. The third-order valence-electron chi connectivity index (χ3n) is 4.69. The first-order chi connectivity index (χ1) is 10.8. The number of rotatable bonds is 4. The van der Waals surface area contributed by atoms with Crippen molar-refractivity contribution in [3.8, 4) is 5.75 Å². The monoisotopic (exact) mass is 328 g/mol. The van der Waals surface area contributed by atoms with Crippen molar-refractivity contribution < 1.29 is 22.7 Å². The predicted octanol–water partition coefficient (Wildman–Crippen LogP) is 3.72. The smallest absolute Gasteiger partial charge is 0.406 e. The average Bonchev–Trinajstić information content (AvgIpc) is 2.36. The molecule has 126 valence electrons. The van der Waals surface area contributed by atoms with Crippen LogP contribution in [-0.4, -0.2) is 18.4 Å². The highest BCUT2D eigenvalue weighted by atomic mass is 19.4. The van der Waals surface area contributed by atoms with Crippen molar-refractivity contribution in [2.24, 2.45) is 5.41 Å². The second kappa shape index (κ2) is 5.94. The number of carbonyl (C=O) groups excluding carboxylic acids is 1. The molecule has 0 heterocycles. The second-order valence-corrected chi connectivity index (χ2v) is 6.48. The number of amides is 2. The quantitative estimate of drug-likeness (QED) is 0.885. The van der Waals surface area contributed by atoms with E-state index < -0.39 is 6.36 Å². The van der Waals surface area contributed by atoms with Gasteiger partial charge >= 0.3 is 12.4 Å². The van der Waals surface area contributed by atoms with Gasteiger partial charge in [-0.25, -0.2) is 4.79 Å². The molecule has 2 aliphatic rings. The molecular weight excluding hydrogens is 309 g/mol. The van der Waals surface area contributed by atoms with Crippen LogP contribution < -0.4 is 15.4 Å². The van der Waals surface area contributed by atoms with E-state index in [1.807, 2.05) is 0 Å². The number of carbonyl (C=O) groups is 1. The van der Waals surface area contributed by atoms with Gasteiger partial charge in [-0.3, -0.25) is 0 Å². The van der Waals surface area contributed by atoms with Crippen LogP contribution >= 0.6 is 0 Å². The van der Waals surface area contributed by atoms with Gasteiger partial charge in [-0.2, -0.15) is 0 Å². The molecule has 0 aliphatic heterocycles. The van der Waals surface area contributed by atoms with Gasteiger partial charge in [0.2, 0.25) is 0 Å². The van der Waals surface area contributed by atoms with Gasteiger partial charge in [-0.1, -0.05) is 18.6 Å². The number of halogens is 3. The van der Waals surface area contributed by atoms with E-state index in [2.05, 4.69) is 15.4 Å². The second-order valence-electron chi connectivity index (χ2n) is 6.48.